The Morgan fingerprint density at radius 3 is 2.68 bits per heavy atom. The van der Waals surface area contributed by atoms with Crippen molar-refractivity contribution >= 4 is 49.3 Å². The number of nitrogens with one attached hydrogen (secondary N) is 2. The minimum atomic E-state index is 0.403. The van der Waals surface area contributed by atoms with E-state index < -0.39 is 0 Å². The molecule has 5 rings (SSSR count). The van der Waals surface area contributed by atoms with Gasteiger partial charge >= 0.3 is 0 Å². The minimum Gasteiger partial charge on any atom is -0.361 e. The van der Waals surface area contributed by atoms with Gasteiger partial charge in [-0.15, -0.1) is 0 Å². The lowest BCUT2D eigenvalue weighted by molar-refractivity contribution is 0.966. The third kappa shape index (κ3) is 4.92. The lowest BCUT2D eigenvalue weighted by atomic mass is 10.1. The number of hydrogen-bond acceptors (Lipinski definition) is 6. The molecule has 1 atom stereocenters. The monoisotopic (exact) mass is 444 g/mol. The summed E-state index contributed by atoms with van der Waals surface area (Å²) in [6.45, 7) is 3.81. The lowest BCUT2D eigenvalue weighted by Crippen LogP contribution is -2.06. The zero-order valence-corrected chi connectivity index (χ0v) is 19.0. The van der Waals surface area contributed by atoms with E-state index >= 15 is 0 Å². The van der Waals surface area contributed by atoms with Crippen LogP contribution in [0, 0.1) is 6.92 Å². The Balaban J connectivity index is 1.12. The molecule has 2 heterocycles. The van der Waals surface area contributed by atoms with Gasteiger partial charge in [0.25, 0.3) is 0 Å². The van der Waals surface area contributed by atoms with Gasteiger partial charge in [0.1, 0.15) is 0 Å². The maximum Gasteiger partial charge on any atom is 0.183 e. The van der Waals surface area contributed by atoms with Gasteiger partial charge in [-0.2, -0.15) is 0 Å². The number of thioether (sulfide) groups is 1. The summed E-state index contributed by atoms with van der Waals surface area (Å²) in [5.74, 6) is 0. The van der Waals surface area contributed by atoms with Crippen molar-refractivity contribution in [3.8, 4) is 0 Å². The number of anilines is 2. The highest BCUT2D eigenvalue weighted by Crippen LogP contribution is 2.35. The Kier molecular flexibility index (Phi) is 5.91. The molecule has 31 heavy (non-hydrogen) atoms. The molecule has 3 aromatic carbocycles. The van der Waals surface area contributed by atoms with E-state index in [1.807, 2.05) is 0 Å². The van der Waals surface area contributed by atoms with E-state index in [4.69, 9.17) is 0 Å². The lowest BCUT2D eigenvalue weighted by Gasteiger charge is -2.10. The molecule has 0 aliphatic carbocycles. The van der Waals surface area contributed by atoms with E-state index in [1.54, 1.807) is 23.1 Å². The molecule has 1 aliphatic rings. The van der Waals surface area contributed by atoms with Gasteiger partial charge in [0.15, 0.2) is 10.3 Å². The topological polar surface area (TPSA) is 49.3 Å². The first-order valence-corrected chi connectivity index (χ1v) is 12.2. The number of benzene rings is 3. The fourth-order valence-corrected chi connectivity index (χ4v) is 5.61. The smallest absolute Gasteiger partial charge is 0.183 e. The Morgan fingerprint density at radius 2 is 1.84 bits per heavy atom. The van der Waals surface area contributed by atoms with Crippen molar-refractivity contribution < 1.29 is 0 Å². The van der Waals surface area contributed by atoms with Crippen molar-refractivity contribution in [2.45, 2.75) is 18.6 Å². The molecule has 0 fully saturated rings. The quantitative estimate of drug-likeness (QED) is 0.356. The van der Waals surface area contributed by atoms with Crippen LogP contribution >= 0.6 is 23.1 Å². The number of amidine groups is 1. The molecule has 0 bridgehead atoms. The van der Waals surface area contributed by atoms with Gasteiger partial charge in [0.2, 0.25) is 0 Å². The highest BCUT2D eigenvalue weighted by atomic mass is 32.2. The molecule has 0 saturated heterocycles. The maximum absolute atomic E-state index is 4.67. The van der Waals surface area contributed by atoms with Crippen LogP contribution in [0.4, 0.5) is 10.8 Å². The summed E-state index contributed by atoms with van der Waals surface area (Å²) >= 11 is 3.52. The van der Waals surface area contributed by atoms with Gasteiger partial charge in [0.05, 0.1) is 22.0 Å². The van der Waals surface area contributed by atoms with Gasteiger partial charge in [0, 0.05) is 12.2 Å². The zero-order chi connectivity index (χ0) is 21.0. The summed E-state index contributed by atoms with van der Waals surface area (Å²) in [5, 5.41) is 9.31. The van der Waals surface area contributed by atoms with Gasteiger partial charge in [-0.05, 0) is 54.3 Å². The average Bonchev–Trinajstić information content (AvgIpc) is 3.42. The van der Waals surface area contributed by atoms with Crippen LogP contribution in [-0.4, -0.2) is 23.2 Å². The number of fused-ring (bicyclic) bond motifs is 1. The molecule has 6 heteroatoms. The highest BCUT2D eigenvalue weighted by Gasteiger charge is 2.21. The number of aryl methyl sites for hydroxylation is 1. The third-order valence-corrected chi connectivity index (χ3v) is 7.40. The minimum absolute atomic E-state index is 0.403. The Labute approximate surface area is 190 Å². The largest absolute Gasteiger partial charge is 0.361 e. The summed E-state index contributed by atoms with van der Waals surface area (Å²) in [5.41, 5.74) is 6.06. The molecule has 0 saturated carbocycles. The molecule has 2 N–H and O–H groups in total. The predicted octanol–water partition coefficient (Wildman–Crippen LogP) is 6.52. The summed E-state index contributed by atoms with van der Waals surface area (Å²) in [6.07, 6.45) is 0.959. The van der Waals surface area contributed by atoms with Crippen molar-refractivity contribution in [1.29, 1.82) is 0 Å². The van der Waals surface area contributed by atoms with Crippen LogP contribution < -0.4 is 10.6 Å². The van der Waals surface area contributed by atoms with E-state index in [9.17, 15) is 0 Å². The first-order chi connectivity index (χ1) is 15.2. The predicted molar refractivity (Wildman–Crippen MR) is 136 cm³/mol. The number of thiazole rings is 1. The summed E-state index contributed by atoms with van der Waals surface area (Å²) in [7, 11) is 0. The highest BCUT2D eigenvalue weighted by molar-refractivity contribution is 8.14. The second-order valence-corrected chi connectivity index (χ2v) is 9.87. The molecule has 1 aliphatic heterocycles. The molecule has 0 radical (unpaired) electrons. The normalized spacial score (nSPS) is 15.8. The first-order valence-electron chi connectivity index (χ1n) is 10.5. The van der Waals surface area contributed by atoms with Crippen molar-refractivity contribution in [2.75, 3.05) is 23.7 Å². The second-order valence-electron chi connectivity index (χ2n) is 7.65. The maximum atomic E-state index is 4.67. The summed E-state index contributed by atoms with van der Waals surface area (Å²) in [6, 6.07) is 25.6. The third-order valence-electron chi connectivity index (χ3n) is 5.27. The zero-order valence-electron chi connectivity index (χ0n) is 17.3. The van der Waals surface area contributed by atoms with Crippen LogP contribution in [0.3, 0.4) is 0 Å². The van der Waals surface area contributed by atoms with E-state index in [-0.39, 0.29) is 0 Å². The molecule has 4 aromatic rings. The molecule has 1 unspecified atom stereocenters. The van der Waals surface area contributed by atoms with Crippen LogP contribution in [0.25, 0.3) is 10.2 Å². The summed E-state index contributed by atoms with van der Waals surface area (Å²) < 4.78 is 1.24. The average molecular weight is 445 g/mol. The van der Waals surface area contributed by atoms with Crippen molar-refractivity contribution in [1.82, 2.24) is 4.98 Å². The first kappa shape index (κ1) is 20.1. The standard InChI is InChI=1S/C25H24N4S2/c1-17-7-12-21-22(15-17)30-24(29-21)26-14-13-18-8-10-20(11-9-18)28-25-27-16-23(31-25)19-5-3-2-4-6-19/h2-12,15,23H,13-14,16H2,1H3,(H,26,29)(H,27,28). The van der Waals surface area contributed by atoms with Crippen LogP contribution in [0.2, 0.25) is 0 Å². The molecule has 156 valence electrons. The fraction of sp³-hybridized carbons (Fsp3) is 0.200. The molecule has 1 aromatic heterocycles. The van der Waals surface area contributed by atoms with Crippen LogP contribution in [0.15, 0.2) is 77.8 Å². The molecule has 4 nitrogen and oxygen atoms in total. The molecule has 0 spiro atoms. The van der Waals surface area contributed by atoms with Crippen LogP contribution in [-0.2, 0) is 6.42 Å². The van der Waals surface area contributed by atoms with Crippen molar-refractivity contribution in [2.24, 2.45) is 4.99 Å². The number of aliphatic imine (C=N–C) groups is 1. The Morgan fingerprint density at radius 1 is 1.00 bits per heavy atom. The fourth-order valence-electron chi connectivity index (χ4n) is 3.58. The number of rotatable bonds is 6. The number of nitrogens with zero attached hydrogens (tertiary/aromatic N) is 2. The SMILES string of the molecule is Cc1ccc2nc(NCCc3ccc(NC4=NCC(c5ccccc5)S4)cc3)sc2c1. The molecular weight excluding hydrogens is 420 g/mol. The van der Waals surface area contributed by atoms with Crippen LogP contribution in [0.5, 0.6) is 0 Å². The number of hydrogen-bond donors (Lipinski definition) is 2. The van der Waals surface area contributed by atoms with Gasteiger partial charge in [-0.3, -0.25) is 4.99 Å². The van der Waals surface area contributed by atoms with E-state index in [1.165, 1.54) is 21.4 Å². The molecular formula is C25H24N4S2. The van der Waals surface area contributed by atoms with Gasteiger partial charge < -0.3 is 10.6 Å². The van der Waals surface area contributed by atoms with E-state index in [0.29, 0.717) is 5.25 Å². The Hall–Kier alpha value is -2.83. The summed E-state index contributed by atoms with van der Waals surface area (Å²) in [4.78, 5) is 9.34. The van der Waals surface area contributed by atoms with Crippen molar-refractivity contribution in [3.05, 3.63) is 89.5 Å². The van der Waals surface area contributed by atoms with E-state index in [0.717, 1.165) is 41.0 Å². The molecule has 0 amide bonds. The van der Waals surface area contributed by atoms with Gasteiger partial charge in [-0.1, -0.05) is 71.6 Å². The van der Waals surface area contributed by atoms with Crippen molar-refractivity contribution in [3.63, 3.8) is 0 Å². The van der Waals surface area contributed by atoms with E-state index in [2.05, 4.69) is 100 Å². The van der Waals surface area contributed by atoms with Gasteiger partial charge in [-0.25, -0.2) is 4.98 Å². The number of aromatic nitrogens is 1. The Bertz CT molecular complexity index is 1200. The second kappa shape index (κ2) is 9.12. The van der Waals surface area contributed by atoms with Crippen LogP contribution in [0.1, 0.15) is 21.9 Å².